The van der Waals surface area contributed by atoms with Crippen molar-refractivity contribution in [2.75, 3.05) is 0 Å². The van der Waals surface area contributed by atoms with Gasteiger partial charge in [-0.25, -0.2) is 13.4 Å². The molecular formula is C15H17NO3S2. The molecule has 0 radical (unpaired) electrons. The van der Waals surface area contributed by atoms with Crippen molar-refractivity contribution < 1.29 is 13.5 Å². The second-order valence-electron chi connectivity index (χ2n) is 5.89. The highest BCUT2D eigenvalue weighted by Crippen LogP contribution is 2.44. The summed E-state index contributed by atoms with van der Waals surface area (Å²) in [4.78, 5) is 4.48. The van der Waals surface area contributed by atoms with Crippen LogP contribution in [0.3, 0.4) is 0 Å². The first-order valence-corrected chi connectivity index (χ1v) is 9.18. The molecule has 0 spiro atoms. The largest absolute Gasteiger partial charge is 0.386 e. The molecule has 3 rings (SSSR count). The van der Waals surface area contributed by atoms with E-state index < -0.39 is 15.4 Å². The molecule has 1 N–H and O–H groups in total. The van der Waals surface area contributed by atoms with E-state index in [1.165, 1.54) is 11.3 Å². The van der Waals surface area contributed by atoms with Crippen LogP contribution in [-0.2, 0) is 15.4 Å². The second kappa shape index (κ2) is 4.90. The molecule has 1 saturated carbocycles. The third-order valence-electron chi connectivity index (χ3n) is 3.64. The summed E-state index contributed by atoms with van der Waals surface area (Å²) < 4.78 is 25.8. The Balaban J connectivity index is 2.00. The Morgan fingerprint density at radius 3 is 2.38 bits per heavy atom. The predicted octanol–water partition coefficient (Wildman–Crippen LogP) is 3.08. The Morgan fingerprint density at radius 1 is 1.24 bits per heavy atom. The third kappa shape index (κ3) is 2.75. The molecule has 112 valence electrons. The Morgan fingerprint density at radius 2 is 1.86 bits per heavy atom. The molecule has 6 heteroatoms. The van der Waals surface area contributed by atoms with Gasteiger partial charge in [0.2, 0.25) is 9.84 Å². The summed E-state index contributed by atoms with van der Waals surface area (Å²) in [7, 11) is -3.52. The van der Waals surface area contributed by atoms with Crippen LogP contribution in [-0.4, -0.2) is 18.5 Å². The SMILES string of the molecule is CC(C)(O)c1ccc(S(=O)(=O)c2scnc2C2CC2)cc1. The van der Waals surface area contributed by atoms with Crippen molar-refractivity contribution in [3.63, 3.8) is 0 Å². The van der Waals surface area contributed by atoms with Crippen LogP contribution in [0.25, 0.3) is 0 Å². The molecule has 0 unspecified atom stereocenters. The van der Waals surface area contributed by atoms with Gasteiger partial charge in [0.05, 0.1) is 21.7 Å². The maximum Gasteiger partial charge on any atom is 0.217 e. The van der Waals surface area contributed by atoms with Gasteiger partial charge < -0.3 is 5.11 Å². The van der Waals surface area contributed by atoms with Crippen molar-refractivity contribution >= 4 is 21.2 Å². The summed E-state index contributed by atoms with van der Waals surface area (Å²) in [6.45, 7) is 3.34. The van der Waals surface area contributed by atoms with Crippen LogP contribution in [0.15, 0.2) is 38.9 Å². The molecule has 0 aliphatic heterocycles. The molecule has 1 aromatic carbocycles. The van der Waals surface area contributed by atoms with E-state index in [0.717, 1.165) is 12.8 Å². The zero-order valence-corrected chi connectivity index (χ0v) is 13.5. The van der Waals surface area contributed by atoms with Gasteiger partial charge in [-0.2, -0.15) is 0 Å². The molecule has 4 nitrogen and oxygen atoms in total. The Kier molecular flexibility index (Phi) is 3.43. The van der Waals surface area contributed by atoms with Crippen molar-refractivity contribution in [2.45, 2.75) is 47.3 Å². The average molecular weight is 323 g/mol. The first-order chi connectivity index (χ1) is 9.80. The number of nitrogens with zero attached hydrogens (tertiary/aromatic N) is 1. The van der Waals surface area contributed by atoms with Crippen LogP contribution in [0.4, 0.5) is 0 Å². The summed E-state index contributed by atoms with van der Waals surface area (Å²) in [6, 6.07) is 6.42. The molecule has 0 atom stereocenters. The van der Waals surface area contributed by atoms with E-state index in [4.69, 9.17) is 0 Å². The maximum atomic E-state index is 12.7. The lowest BCUT2D eigenvalue weighted by atomic mass is 9.99. The summed E-state index contributed by atoms with van der Waals surface area (Å²) in [6.07, 6.45) is 2.04. The van der Waals surface area contributed by atoms with E-state index in [2.05, 4.69) is 4.98 Å². The minimum atomic E-state index is -3.52. The van der Waals surface area contributed by atoms with Crippen LogP contribution in [0.2, 0.25) is 0 Å². The van der Waals surface area contributed by atoms with Crippen molar-refractivity contribution in [1.29, 1.82) is 0 Å². The number of rotatable bonds is 4. The van der Waals surface area contributed by atoms with E-state index in [0.29, 0.717) is 21.4 Å². The van der Waals surface area contributed by atoms with Crippen molar-refractivity contribution in [1.82, 2.24) is 4.98 Å². The van der Waals surface area contributed by atoms with Gasteiger partial charge in [-0.3, -0.25) is 0 Å². The number of hydrogen-bond donors (Lipinski definition) is 1. The molecule has 0 amide bonds. The lowest BCUT2D eigenvalue weighted by Crippen LogP contribution is -2.15. The average Bonchev–Trinajstić information content (AvgIpc) is 3.14. The summed E-state index contributed by atoms with van der Waals surface area (Å²) in [5.41, 5.74) is 2.03. The summed E-state index contributed by atoms with van der Waals surface area (Å²) in [5.74, 6) is 0.302. The Bertz CT molecular complexity index is 751. The quantitative estimate of drug-likeness (QED) is 0.939. The molecule has 21 heavy (non-hydrogen) atoms. The molecule has 0 saturated heterocycles. The van der Waals surface area contributed by atoms with Gasteiger partial charge >= 0.3 is 0 Å². The van der Waals surface area contributed by atoms with Crippen LogP contribution in [0, 0.1) is 0 Å². The zero-order valence-electron chi connectivity index (χ0n) is 11.9. The van der Waals surface area contributed by atoms with Crippen LogP contribution >= 0.6 is 11.3 Å². The summed E-state index contributed by atoms with van der Waals surface area (Å²) >= 11 is 1.18. The lowest BCUT2D eigenvalue weighted by molar-refractivity contribution is 0.0785. The van der Waals surface area contributed by atoms with Crippen LogP contribution in [0.5, 0.6) is 0 Å². The van der Waals surface area contributed by atoms with Gasteiger partial charge in [0.25, 0.3) is 0 Å². The van der Waals surface area contributed by atoms with Crippen LogP contribution < -0.4 is 0 Å². The van der Waals surface area contributed by atoms with Crippen LogP contribution in [0.1, 0.15) is 43.9 Å². The number of sulfone groups is 1. The number of thiazole rings is 1. The molecular weight excluding hydrogens is 306 g/mol. The smallest absolute Gasteiger partial charge is 0.217 e. The number of benzene rings is 1. The normalized spacial score (nSPS) is 16.1. The highest BCUT2D eigenvalue weighted by molar-refractivity contribution is 7.93. The van der Waals surface area contributed by atoms with Gasteiger partial charge in [0.15, 0.2) is 0 Å². The standard InChI is InChI=1S/C15H17NO3S2/c1-15(2,17)11-5-7-12(8-6-11)21(18,19)14-13(10-3-4-10)16-9-20-14/h5-10,17H,3-4H2,1-2H3. The molecule has 2 aromatic rings. The van der Waals surface area contributed by atoms with Gasteiger partial charge in [-0.15, -0.1) is 11.3 Å². The molecule has 0 bridgehead atoms. The fourth-order valence-corrected chi connectivity index (χ4v) is 4.95. The van der Waals surface area contributed by atoms with Gasteiger partial charge in [0, 0.05) is 5.92 Å². The highest BCUT2D eigenvalue weighted by atomic mass is 32.2. The number of aromatic nitrogens is 1. The zero-order chi connectivity index (χ0) is 15.3. The van der Waals surface area contributed by atoms with E-state index in [1.807, 2.05) is 0 Å². The molecule has 1 aliphatic rings. The first kappa shape index (κ1) is 14.7. The fourth-order valence-electron chi connectivity index (χ4n) is 2.22. The monoisotopic (exact) mass is 323 g/mol. The van der Waals surface area contributed by atoms with Crippen molar-refractivity contribution in [3.8, 4) is 0 Å². The van der Waals surface area contributed by atoms with Gasteiger partial charge in [-0.05, 0) is 44.4 Å². The lowest BCUT2D eigenvalue weighted by Gasteiger charge is -2.17. The molecule has 1 aliphatic carbocycles. The predicted molar refractivity (Wildman–Crippen MR) is 81.2 cm³/mol. The topological polar surface area (TPSA) is 67.3 Å². The van der Waals surface area contributed by atoms with E-state index in [9.17, 15) is 13.5 Å². The highest BCUT2D eigenvalue weighted by Gasteiger charge is 2.34. The number of aliphatic hydroxyl groups is 1. The van der Waals surface area contributed by atoms with E-state index >= 15 is 0 Å². The first-order valence-electron chi connectivity index (χ1n) is 6.81. The maximum absolute atomic E-state index is 12.7. The van der Waals surface area contributed by atoms with Crippen molar-refractivity contribution in [3.05, 3.63) is 41.0 Å². The molecule has 1 aromatic heterocycles. The van der Waals surface area contributed by atoms with E-state index in [1.54, 1.807) is 43.6 Å². The Labute approximate surface area is 128 Å². The second-order valence-corrected chi connectivity index (χ2v) is 8.89. The number of hydrogen-bond acceptors (Lipinski definition) is 5. The van der Waals surface area contributed by atoms with Gasteiger partial charge in [0.1, 0.15) is 4.21 Å². The molecule has 1 heterocycles. The third-order valence-corrected chi connectivity index (χ3v) is 6.81. The molecule has 1 fully saturated rings. The minimum absolute atomic E-state index is 0.252. The minimum Gasteiger partial charge on any atom is -0.386 e. The fraction of sp³-hybridized carbons (Fsp3) is 0.400. The van der Waals surface area contributed by atoms with E-state index in [-0.39, 0.29) is 4.90 Å². The van der Waals surface area contributed by atoms with Crippen molar-refractivity contribution in [2.24, 2.45) is 0 Å². The van der Waals surface area contributed by atoms with Gasteiger partial charge in [-0.1, -0.05) is 12.1 Å². The Hall–Kier alpha value is -1.24. The summed E-state index contributed by atoms with van der Waals surface area (Å²) in [5, 5.41) is 9.93.